The molecule has 2 aliphatic heterocycles. The van der Waals surface area contributed by atoms with Crippen LogP contribution in [0.1, 0.15) is 41.8 Å². The summed E-state index contributed by atoms with van der Waals surface area (Å²) < 4.78 is 5.17. The largest absolute Gasteiger partial charge is 0.459 e. The highest BCUT2D eigenvalue weighted by Gasteiger charge is 2.26. The van der Waals surface area contributed by atoms with Crippen LogP contribution in [0, 0.1) is 0 Å². The summed E-state index contributed by atoms with van der Waals surface area (Å²) in [5.74, 6) is 0.390. The van der Waals surface area contributed by atoms with Gasteiger partial charge in [0.25, 0.3) is 5.91 Å². The molecule has 0 atom stereocenters. The van der Waals surface area contributed by atoms with Gasteiger partial charge in [0.2, 0.25) is 11.8 Å². The molecule has 0 bridgehead atoms. The van der Waals surface area contributed by atoms with Crippen molar-refractivity contribution < 1.29 is 18.8 Å². The van der Waals surface area contributed by atoms with E-state index in [1.807, 2.05) is 24.3 Å². The van der Waals surface area contributed by atoms with Crippen LogP contribution in [-0.2, 0) is 16.0 Å². The maximum atomic E-state index is 12.4. The molecule has 1 N–H and O–H groups in total. The maximum Gasteiger partial charge on any atom is 0.289 e. The summed E-state index contributed by atoms with van der Waals surface area (Å²) in [6.07, 6.45) is 4.77. The number of piperidine rings is 1. The summed E-state index contributed by atoms with van der Waals surface area (Å²) in [4.78, 5) is 40.1. The molecule has 0 aliphatic carbocycles. The first kappa shape index (κ1) is 19.2. The number of carbonyl (C=O) groups excluding carboxylic acids is 3. The molecule has 4 rings (SSSR count). The predicted octanol–water partition coefficient (Wildman–Crippen LogP) is 2.37. The number of carbonyl (C=O) groups is 3. The van der Waals surface area contributed by atoms with Crippen molar-refractivity contribution in [1.82, 2.24) is 10.2 Å². The highest BCUT2D eigenvalue weighted by Crippen LogP contribution is 2.22. The first-order valence-corrected chi connectivity index (χ1v) is 10.1. The fourth-order valence-corrected chi connectivity index (χ4v) is 3.96. The Morgan fingerprint density at radius 3 is 2.45 bits per heavy atom. The molecule has 2 saturated heterocycles. The van der Waals surface area contributed by atoms with Crippen LogP contribution in [0.2, 0.25) is 0 Å². The van der Waals surface area contributed by atoms with Gasteiger partial charge in [0.05, 0.1) is 12.7 Å². The first-order chi connectivity index (χ1) is 14.1. The Morgan fingerprint density at radius 2 is 1.83 bits per heavy atom. The molecule has 0 saturated carbocycles. The predicted molar refractivity (Wildman–Crippen MR) is 108 cm³/mol. The molecule has 2 fully saturated rings. The fourth-order valence-electron chi connectivity index (χ4n) is 3.96. The Labute approximate surface area is 169 Å². The van der Waals surface area contributed by atoms with Gasteiger partial charge in [0, 0.05) is 37.8 Å². The van der Waals surface area contributed by atoms with Crippen LogP contribution in [0.4, 0.5) is 5.69 Å². The minimum atomic E-state index is -0.101. The van der Waals surface area contributed by atoms with Crippen molar-refractivity contribution in [3.05, 3.63) is 54.0 Å². The van der Waals surface area contributed by atoms with Crippen molar-refractivity contribution in [2.24, 2.45) is 0 Å². The average Bonchev–Trinajstić information content (AvgIpc) is 3.41. The quantitative estimate of drug-likeness (QED) is 0.843. The number of benzene rings is 1. The van der Waals surface area contributed by atoms with Gasteiger partial charge in [0.15, 0.2) is 5.76 Å². The molecule has 3 amide bonds. The lowest BCUT2D eigenvalue weighted by molar-refractivity contribution is -0.121. The molecule has 152 valence electrons. The van der Waals surface area contributed by atoms with Crippen LogP contribution in [0.15, 0.2) is 47.1 Å². The van der Waals surface area contributed by atoms with Crippen LogP contribution in [0.25, 0.3) is 0 Å². The number of amides is 3. The SMILES string of the molecule is O=C(Cc1ccc(N2CCCC2=O)cc1)NC1CCN(C(=O)c2ccco2)CC1. The monoisotopic (exact) mass is 395 g/mol. The highest BCUT2D eigenvalue weighted by atomic mass is 16.3. The summed E-state index contributed by atoms with van der Waals surface area (Å²) in [6.45, 7) is 1.96. The number of nitrogens with one attached hydrogen (secondary N) is 1. The summed E-state index contributed by atoms with van der Waals surface area (Å²) >= 11 is 0. The lowest BCUT2D eigenvalue weighted by Gasteiger charge is -2.31. The van der Waals surface area contributed by atoms with E-state index in [-0.39, 0.29) is 23.8 Å². The van der Waals surface area contributed by atoms with E-state index in [1.54, 1.807) is 21.9 Å². The zero-order chi connectivity index (χ0) is 20.2. The second-order valence-electron chi connectivity index (χ2n) is 7.60. The third kappa shape index (κ3) is 4.50. The normalized spacial score (nSPS) is 17.6. The number of likely N-dealkylation sites (tertiary alicyclic amines) is 1. The summed E-state index contributed by atoms with van der Waals surface area (Å²) in [5, 5.41) is 3.07. The molecule has 29 heavy (non-hydrogen) atoms. The standard InChI is InChI=1S/C22H25N3O4/c26-20(15-16-5-7-18(8-6-16)25-11-1-4-21(25)27)23-17-9-12-24(13-10-17)22(28)19-3-2-14-29-19/h2-3,5-8,14,17H,1,4,9-13,15H2,(H,23,26). The molecule has 2 aromatic rings. The first-order valence-electron chi connectivity index (χ1n) is 10.1. The Bertz CT molecular complexity index is 868. The van der Waals surface area contributed by atoms with Gasteiger partial charge < -0.3 is 19.5 Å². The zero-order valence-electron chi connectivity index (χ0n) is 16.3. The topological polar surface area (TPSA) is 82.9 Å². The third-order valence-electron chi connectivity index (χ3n) is 5.57. The Hall–Kier alpha value is -3.09. The summed E-state index contributed by atoms with van der Waals surface area (Å²) in [5.41, 5.74) is 1.81. The molecule has 2 aliphatic rings. The van der Waals surface area contributed by atoms with Gasteiger partial charge in [-0.25, -0.2) is 0 Å². The van der Waals surface area contributed by atoms with Crippen molar-refractivity contribution in [2.45, 2.75) is 38.1 Å². The Balaban J connectivity index is 1.24. The van der Waals surface area contributed by atoms with Crippen LogP contribution < -0.4 is 10.2 Å². The van der Waals surface area contributed by atoms with Gasteiger partial charge in [-0.2, -0.15) is 0 Å². The van der Waals surface area contributed by atoms with Crippen molar-refractivity contribution in [2.75, 3.05) is 24.5 Å². The minimum Gasteiger partial charge on any atom is -0.459 e. The van der Waals surface area contributed by atoms with Crippen LogP contribution in [0.3, 0.4) is 0 Å². The van der Waals surface area contributed by atoms with Crippen LogP contribution in [-0.4, -0.2) is 48.3 Å². The second kappa shape index (κ2) is 8.51. The number of anilines is 1. The Kier molecular flexibility index (Phi) is 5.64. The average molecular weight is 395 g/mol. The molecular weight excluding hydrogens is 370 g/mol. The van der Waals surface area contributed by atoms with E-state index in [1.165, 1.54) is 6.26 Å². The smallest absolute Gasteiger partial charge is 0.289 e. The van der Waals surface area contributed by atoms with Crippen molar-refractivity contribution >= 4 is 23.4 Å². The molecule has 7 nitrogen and oxygen atoms in total. The van der Waals surface area contributed by atoms with Crippen LogP contribution >= 0.6 is 0 Å². The third-order valence-corrected chi connectivity index (χ3v) is 5.57. The summed E-state index contributed by atoms with van der Waals surface area (Å²) in [7, 11) is 0. The van der Waals surface area contributed by atoms with E-state index in [9.17, 15) is 14.4 Å². The number of nitrogens with zero attached hydrogens (tertiary/aromatic N) is 2. The van der Waals surface area contributed by atoms with Crippen molar-refractivity contribution in [1.29, 1.82) is 0 Å². The molecule has 7 heteroatoms. The zero-order valence-corrected chi connectivity index (χ0v) is 16.3. The van der Waals surface area contributed by atoms with Crippen molar-refractivity contribution in [3.8, 4) is 0 Å². The highest BCUT2D eigenvalue weighted by molar-refractivity contribution is 5.95. The second-order valence-corrected chi connectivity index (χ2v) is 7.60. The molecule has 0 unspecified atom stereocenters. The van der Waals surface area contributed by atoms with E-state index in [0.717, 1.165) is 37.1 Å². The van der Waals surface area contributed by atoms with Gasteiger partial charge in [-0.15, -0.1) is 0 Å². The van der Waals surface area contributed by atoms with Gasteiger partial charge in [-0.05, 0) is 49.1 Å². The molecular formula is C22H25N3O4. The molecule has 0 radical (unpaired) electrons. The van der Waals surface area contributed by atoms with Gasteiger partial charge >= 0.3 is 0 Å². The van der Waals surface area contributed by atoms with E-state index in [4.69, 9.17) is 4.42 Å². The van der Waals surface area contributed by atoms with Gasteiger partial charge in [0.1, 0.15) is 0 Å². The van der Waals surface area contributed by atoms with E-state index < -0.39 is 0 Å². The number of hydrogen-bond acceptors (Lipinski definition) is 4. The molecule has 0 spiro atoms. The van der Waals surface area contributed by atoms with Gasteiger partial charge in [-0.3, -0.25) is 14.4 Å². The molecule has 1 aromatic carbocycles. The maximum absolute atomic E-state index is 12.4. The van der Waals surface area contributed by atoms with E-state index >= 15 is 0 Å². The van der Waals surface area contributed by atoms with E-state index in [0.29, 0.717) is 31.7 Å². The Morgan fingerprint density at radius 1 is 1.07 bits per heavy atom. The molecule has 1 aromatic heterocycles. The summed E-state index contributed by atoms with van der Waals surface area (Å²) in [6, 6.07) is 11.1. The molecule has 3 heterocycles. The van der Waals surface area contributed by atoms with E-state index in [2.05, 4.69) is 5.32 Å². The minimum absolute atomic E-state index is 0.0224. The van der Waals surface area contributed by atoms with Gasteiger partial charge in [-0.1, -0.05) is 12.1 Å². The van der Waals surface area contributed by atoms with Crippen LogP contribution in [0.5, 0.6) is 0 Å². The lowest BCUT2D eigenvalue weighted by Crippen LogP contribution is -2.46. The number of rotatable bonds is 5. The fraction of sp³-hybridized carbons (Fsp3) is 0.409. The number of furan rings is 1. The van der Waals surface area contributed by atoms with Crippen molar-refractivity contribution in [3.63, 3.8) is 0 Å². The lowest BCUT2D eigenvalue weighted by atomic mass is 10.0. The number of hydrogen-bond donors (Lipinski definition) is 1.